The quantitative estimate of drug-likeness (QED) is 0.350. The molecule has 0 aromatic rings. The van der Waals surface area contributed by atoms with Crippen LogP contribution in [0.5, 0.6) is 0 Å². The van der Waals surface area contributed by atoms with Crippen LogP contribution in [0.25, 0.3) is 0 Å². The first-order valence-corrected chi connectivity index (χ1v) is 4.16. The molecule has 2 heteroatoms. The van der Waals surface area contributed by atoms with Crippen LogP contribution >= 0.6 is 7.36 Å². The van der Waals surface area contributed by atoms with Gasteiger partial charge in [-0.1, -0.05) is 6.92 Å². The zero-order valence-corrected chi connectivity index (χ0v) is 4.98. The monoisotopic (exact) mass is 106 g/mol. The van der Waals surface area contributed by atoms with E-state index in [1.54, 1.807) is 10.5 Å². The van der Waals surface area contributed by atoms with Crippen LogP contribution in [0.2, 0.25) is 0 Å². The second kappa shape index (κ2) is 4.39. The molecule has 0 bridgehead atoms. The van der Waals surface area contributed by atoms with Crippen LogP contribution in [-0.4, -0.2) is 12.0 Å². The van der Waals surface area contributed by atoms with Crippen LogP contribution < -0.4 is 0 Å². The molecule has 0 rings (SSSR count). The summed E-state index contributed by atoms with van der Waals surface area (Å²) in [6.07, 6.45) is 1.22. The van der Waals surface area contributed by atoms with Gasteiger partial charge in [0.15, 0.2) is 0 Å². The molecule has 30 valence electrons. The van der Waals surface area contributed by atoms with Crippen molar-refractivity contribution < 1.29 is 0 Å². The van der Waals surface area contributed by atoms with Crippen molar-refractivity contribution in [1.82, 2.24) is 0 Å². The van der Waals surface area contributed by atoms with Gasteiger partial charge in [-0.05, 0) is 19.4 Å². The lowest BCUT2D eigenvalue weighted by Crippen LogP contribution is -1.41. The zero-order valence-electron chi connectivity index (χ0n) is 3.27. The number of rotatable bonds is 1. The van der Waals surface area contributed by atoms with Crippen molar-refractivity contribution in [3.05, 3.63) is 0 Å². The van der Waals surface area contributed by atoms with Crippen molar-refractivity contribution in [2.45, 2.75) is 6.92 Å². The van der Waals surface area contributed by atoms with E-state index in [1.165, 1.54) is 13.5 Å². The zero-order chi connectivity index (χ0) is 4.12. The minimum atomic E-state index is 1.22. The Bertz CT molecular complexity index is 53.9. The second-order valence-corrected chi connectivity index (χ2v) is 3.27. The lowest BCUT2D eigenvalue weighted by atomic mass is 11.0. The highest BCUT2D eigenvalue weighted by atomic mass is 32.4. The molecular formula is C3H7PS. The minimum Gasteiger partial charge on any atom is -0.134 e. The van der Waals surface area contributed by atoms with E-state index in [0.717, 1.165) is 0 Å². The third kappa shape index (κ3) is 4.39. The predicted molar refractivity (Wildman–Crippen MR) is 31.9 cm³/mol. The first-order chi connectivity index (χ1) is 2.41. The highest BCUT2D eigenvalue weighted by Crippen LogP contribution is 1.85. The predicted octanol–water partition coefficient (Wildman–Crippen LogP) is 1.38. The molecule has 0 aromatic carbocycles. The van der Waals surface area contributed by atoms with Crippen molar-refractivity contribution in [3.63, 3.8) is 0 Å². The molecule has 0 heterocycles. The lowest BCUT2D eigenvalue weighted by Gasteiger charge is -1.58. The molecule has 0 spiro atoms. The highest BCUT2D eigenvalue weighted by molar-refractivity contribution is 8.06. The van der Waals surface area contributed by atoms with Crippen LogP contribution in [0.1, 0.15) is 6.92 Å². The van der Waals surface area contributed by atoms with Crippen LogP contribution in [-0.2, 0) is 10.5 Å². The molecule has 0 atom stereocenters. The van der Waals surface area contributed by atoms with Crippen LogP contribution in [0.4, 0.5) is 0 Å². The maximum Gasteiger partial charge on any atom is -0.00386 e. The Morgan fingerprint density at radius 2 is 2.60 bits per heavy atom. The van der Waals surface area contributed by atoms with Crippen molar-refractivity contribution in [3.8, 4) is 0 Å². The first kappa shape index (κ1) is 5.39. The Balaban J connectivity index is 2.93. The molecule has 0 saturated carbocycles. The van der Waals surface area contributed by atoms with Crippen LogP contribution in [0, 0.1) is 0 Å². The van der Waals surface area contributed by atoms with Gasteiger partial charge in [0.05, 0.1) is 0 Å². The molecule has 0 aliphatic heterocycles. The molecule has 0 N–H and O–H groups in total. The molecule has 0 aliphatic carbocycles. The fraction of sp³-hybridized carbons (Fsp3) is 0.667. The molecule has 0 nitrogen and oxygen atoms in total. The Morgan fingerprint density at radius 1 is 2.00 bits per heavy atom. The maximum atomic E-state index is 3.58. The lowest BCUT2D eigenvalue weighted by molar-refractivity contribution is 1.53. The normalized spacial score (nSPS) is 8.20. The van der Waals surface area contributed by atoms with E-state index < -0.39 is 0 Å². The van der Waals surface area contributed by atoms with Gasteiger partial charge in [0.25, 0.3) is 0 Å². The molecule has 0 unspecified atom stereocenters. The Kier molecular flexibility index (Phi) is 4.73. The summed E-state index contributed by atoms with van der Waals surface area (Å²) in [5.74, 6) is 3.58. The summed E-state index contributed by atoms with van der Waals surface area (Å²) < 4.78 is 0. The van der Waals surface area contributed by atoms with Gasteiger partial charge in [0, 0.05) is 0 Å². The molecule has 0 amide bonds. The van der Waals surface area contributed by atoms with Gasteiger partial charge in [-0.2, -0.15) is 0 Å². The SMILES string of the molecule is C=S=PCC. The molecule has 0 aliphatic rings. The topological polar surface area (TPSA) is 0 Å². The van der Waals surface area contributed by atoms with E-state index in [4.69, 9.17) is 0 Å². The molecular weight excluding hydrogens is 99.1 g/mol. The largest absolute Gasteiger partial charge is 0.134 e. The van der Waals surface area contributed by atoms with Crippen molar-refractivity contribution in [2.75, 3.05) is 6.16 Å². The van der Waals surface area contributed by atoms with Crippen LogP contribution in [0.15, 0.2) is 0 Å². The van der Waals surface area contributed by atoms with E-state index in [0.29, 0.717) is 0 Å². The first-order valence-electron chi connectivity index (χ1n) is 1.49. The minimum absolute atomic E-state index is 1.22. The number of hydrogen-bond donors (Lipinski definition) is 0. The maximum absolute atomic E-state index is 3.58. The van der Waals surface area contributed by atoms with E-state index in [-0.39, 0.29) is 0 Å². The summed E-state index contributed by atoms with van der Waals surface area (Å²) in [5, 5.41) is 0. The third-order valence-electron chi connectivity index (χ3n) is 0.220. The molecule has 5 heavy (non-hydrogen) atoms. The molecule has 0 radical (unpaired) electrons. The fourth-order valence-electron chi connectivity index (χ4n) is 0.0913. The average molecular weight is 106 g/mol. The third-order valence-corrected chi connectivity index (χ3v) is 1.98. The smallest absolute Gasteiger partial charge is 0.00386 e. The van der Waals surface area contributed by atoms with E-state index in [1.807, 2.05) is 0 Å². The van der Waals surface area contributed by atoms with Gasteiger partial charge < -0.3 is 0 Å². The van der Waals surface area contributed by atoms with E-state index in [9.17, 15) is 0 Å². The van der Waals surface area contributed by atoms with Gasteiger partial charge in [0.2, 0.25) is 0 Å². The molecule has 0 fully saturated rings. The molecule has 0 saturated heterocycles. The van der Waals surface area contributed by atoms with E-state index >= 15 is 0 Å². The average Bonchev–Trinajstić information content (AvgIpc) is 1.41. The van der Waals surface area contributed by atoms with Gasteiger partial charge in [-0.15, -0.1) is 10.5 Å². The summed E-state index contributed by atoms with van der Waals surface area (Å²) >= 11 is 0. The van der Waals surface area contributed by atoms with Crippen molar-refractivity contribution in [2.24, 2.45) is 0 Å². The Morgan fingerprint density at radius 3 is 2.60 bits per heavy atom. The van der Waals surface area contributed by atoms with Gasteiger partial charge in [0.1, 0.15) is 0 Å². The number of hydrogen-bond acceptors (Lipinski definition) is 0. The summed E-state index contributed by atoms with van der Waals surface area (Å²) in [5.41, 5.74) is 0. The van der Waals surface area contributed by atoms with Gasteiger partial charge >= 0.3 is 0 Å². The summed E-state index contributed by atoms with van der Waals surface area (Å²) in [7, 11) is 3.01. The summed E-state index contributed by atoms with van der Waals surface area (Å²) in [6.45, 7) is 2.14. The van der Waals surface area contributed by atoms with Crippen LogP contribution in [0.3, 0.4) is 0 Å². The van der Waals surface area contributed by atoms with E-state index in [2.05, 4.69) is 12.8 Å². The van der Waals surface area contributed by atoms with Crippen molar-refractivity contribution >= 4 is 23.8 Å². The summed E-state index contributed by atoms with van der Waals surface area (Å²) in [6, 6.07) is 0. The molecule has 0 aromatic heterocycles. The second-order valence-electron chi connectivity index (χ2n) is 0.574. The standard InChI is InChI=1S/C3H7PS/c1-3-4-5-2/h2-3H2,1H3. The highest BCUT2D eigenvalue weighted by Gasteiger charge is 1.50. The van der Waals surface area contributed by atoms with Gasteiger partial charge in [-0.25, -0.2) is 0 Å². The fourth-order valence-corrected chi connectivity index (χ4v) is 0.822. The van der Waals surface area contributed by atoms with Gasteiger partial charge in [-0.3, -0.25) is 0 Å². The van der Waals surface area contributed by atoms with Crippen molar-refractivity contribution in [1.29, 1.82) is 0 Å². The Labute approximate surface area is 37.6 Å². The Hall–Kier alpha value is 0.390. The summed E-state index contributed by atoms with van der Waals surface area (Å²) in [4.78, 5) is 0.